The molecule has 106 valence electrons. The molecule has 0 saturated carbocycles. The number of carbonyl (C=O) groups excluding carboxylic acids is 1. The smallest absolute Gasteiger partial charge is 0.220 e. The molecule has 1 amide bonds. The SMILES string of the molecule is CC(CCCO)NC(=O)CCc1ccc(Br)cc1F. The van der Waals surface area contributed by atoms with Gasteiger partial charge >= 0.3 is 0 Å². The fourth-order valence-electron chi connectivity index (χ4n) is 1.79. The Kier molecular flexibility index (Phi) is 7.02. The molecule has 0 heterocycles. The molecule has 0 aliphatic heterocycles. The van der Waals surface area contributed by atoms with Crippen LogP contribution in [-0.2, 0) is 11.2 Å². The molecule has 2 N–H and O–H groups in total. The number of nitrogens with one attached hydrogen (secondary N) is 1. The minimum absolute atomic E-state index is 0.0365. The minimum atomic E-state index is -0.296. The number of hydrogen-bond donors (Lipinski definition) is 2. The fourth-order valence-corrected chi connectivity index (χ4v) is 2.12. The van der Waals surface area contributed by atoms with Crippen LogP contribution in [0.1, 0.15) is 31.7 Å². The van der Waals surface area contributed by atoms with E-state index in [0.29, 0.717) is 22.9 Å². The number of rotatable bonds is 7. The third kappa shape index (κ3) is 6.16. The Morgan fingerprint density at radius 3 is 2.89 bits per heavy atom. The topological polar surface area (TPSA) is 49.3 Å². The lowest BCUT2D eigenvalue weighted by Crippen LogP contribution is -2.32. The van der Waals surface area contributed by atoms with Crippen molar-refractivity contribution in [2.75, 3.05) is 6.61 Å². The first-order valence-corrected chi connectivity index (χ1v) is 7.16. The molecule has 0 saturated heterocycles. The van der Waals surface area contributed by atoms with E-state index < -0.39 is 0 Å². The van der Waals surface area contributed by atoms with Gasteiger partial charge in [0.2, 0.25) is 5.91 Å². The molecule has 0 aliphatic carbocycles. The van der Waals surface area contributed by atoms with Gasteiger partial charge in [-0.2, -0.15) is 0 Å². The number of halogens is 2. The van der Waals surface area contributed by atoms with Gasteiger partial charge in [0.05, 0.1) is 0 Å². The Bertz CT molecular complexity index is 426. The number of benzene rings is 1. The van der Waals surface area contributed by atoms with Crippen LogP contribution < -0.4 is 5.32 Å². The van der Waals surface area contributed by atoms with Crippen molar-refractivity contribution in [2.24, 2.45) is 0 Å². The molecule has 1 unspecified atom stereocenters. The van der Waals surface area contributed by atoms with Gasteiger partial charge in [-0.25, -0.2) is 4.39 Å². The summed E-state index contributed by atoms with van der Waals surface area (Å²) in [5.41, 5.74) is 0.543. The normalized spacial score (nSPS) is 12.2. The third-order valence-corrected chi connectivity index (χ3v) is 3.33. The molecule has 1 aromatic rings. The first-order valence-electron chi connectivity index (χ1n) is 6.37. The van der Waals surface area contributed by atoms with Gasteiger partial charge in [0, 0.05) is 23.5 Å². The second-order valence-electron chi connectivity index (χ2n) is 4.57. The molecule has 0 fully saturated rings. The Hall–Kier alpha value is -0.940. The van der Waals surface area contributed by atoms with Crippen LogP contribution in [-0.4, -0.2) is 23.7 Å². The summed E-state index contributed by atoms with van der Waals surface area (Å²) in [4.78, 5) is 11.7. The van der Waals surface area contributed by atoms with Crippen LogP contribution in [0.4, 0.5) is 4.39 Å². The molecule has 1 rings (SSSR count). The average Bonchev–Trinajstić information content (AvgIpc) is 2.35. The van der Waals surface area contributed by atoms with E-state index in [1.807, 2.05) is 6.92 Å². The molecule has 1 aromatic carbocycles. The van der Waals surface area contributed by atoms with Gasteiger partial charge in [0.1, 0.15) is 5.82 Å². The van der Waals surface area contributed by atoms with Gasteiger partial charge in [-0.05, 0) is 43.9 Å². The zero-order valence-corrected chi connectivity index (χ0v) is 12.5. The molecule has 0 spiro atoms. The number of carbonyl (C=O) groups is 1. The van der Waals surface area contributed by atoms with E-state index in [-0.39, 0.29) is 30.8 Å². The average molecular weight is 332 g/mol. The van der Waals surface area contributed by atoms with E-state index in [4.69, 9.17) is 5.11 Å². The molecule has 5 heteroatoms. The summed E-state index contributed by atoms with van der Waals surface area (Å²) in [7, 11) is 0. The summed E-state index contributed by atoms with van der Waals surface area (Å²) in [5.74, 6) is -0.386. The largest absolute Gasteiger partial charge is 0.396 e. The minimum Gasteiger partial charge on any atom is -0.396 e. The maximum Gasteiger partial charge on any atom is 0.220 e. The van der Waals surface area contributed by atoms with Crippen LogP contribution in [0.25, 0.3) is 0 Å². The summed E-state index contributed by atoms with van der Waals surface area (Å²) in [6.45, 7) is 2.03. The maximum absolute atomic E-state index is 13.5. The van der Waals surface area contributed by atoms with E-state index in [1.54, 1.807) is 12.1 Å². The van der Waals surface area contributed by atoms with Crippen molar-refractivity contribution in [3.63, 3.8) is 0 Å². The Morgan fingerprint density at radius 1 is 1.53 bits per heavy atom. The van der Waals surface area contributed by atoms with Gasteiger partial charge in [0.15, 0.2) is 0 Å². The van der Waals surface area contributed by atoms with E-state index in [0.717, 1.165) is 6.42 Å². The first kappa shape index (κ1) is 16.1. The van der Waals surface area contributed by atoms with Crippen LogP contribution >= 0.6 is 15.9 Å². The number of aliphatic hydroxyl groups excluding tert-OH is 1. The van der Waals surface area contributed by atoms with Crippen LogP contribution in [0.2, 0.25) is 0 Å². The van der Waals surface area contributed by atoms with Crippen molar-refractivity contribution < 1.29 is 14.3 Å². The highest BCUT2D eigenvalue weighted by molar-refractivity contribution is 9.10. The second kappa shape index (κ2) is 8.27. The van der Waals surface area contributed by atoms with E-state index >= 15 is 0 Å². The number of aliphatic hydroxyl groups is 1. The van der Waals surface area contributed by atoms with Crippen molar-refractivity contribution in [3.05, 3.63) is 34.1 Å². The fraction of sp³-hybridized carbons (Fsp3) is 0.500. The van der Waals surface area contributed by atoms with E-state index in [1.165, 1.54) is 6.07 Å². The van der Waals surface area contributed by atoms with Crippen LogP contribution in [0.5, 0.6) is 0 Å². The molecular formula is C14H19BrFNO2. The molecule has 0 bridgehead atoms. The van der Waals surface area contributed by atoms with Crippen molar-refractivity contribution in [1.29, 1.82) is 0 Å². The maximum atomic E-state index is 13.5. The third-order valence-electron chi connectivity index (χ3n) is 2.84. The summed E-state index contributed by atoms with van der Waals surface area (Å²) >= 11 is 3.19. The Balaban J connectivity index is 2.37. The van der Waals surface area contributed by atoms with Crippen molar-refractivity contribution in [2.45, 2.75) is 38.6 Å². The van der Waals surface area contributed by atoms with E-state index in [2.05, 4.69) is 21.2 Å². The first-order chi connectivity index (χ1) is 9.02. The molecule has 1 atom stereocenters. The predicted molar refractivity (Wildman–Crippen MR) is 76.3 cm³/mol. The Morgan fingerprint density at radius 2 is 2.26 bits per heavy atom. The summed E-state index contributed by atoms with van der Waals surface area (Å²) < 4.78 is 14.2. The highest BCUT2D eigenvalue weighted by Gasteiger charge is 2.09. The summed E-state index contributed by atoms with van der Waals surface area (Å²) in [6.07, 6.45) is 2.07. The number of aryl methyl sites for hydroxylation is 1. The van der Waals surface area contributed by atoms with Gasteiger partial charge in [-0.15, -0.1) is 0 Å². The molecule has 0 aliphatic rings. The number of amides is 1. The molecule has 0 aromatic heterocycles. The van der Waals surface area contributed by atoms with Crippen LogP contribution in [0, 0.1) is 5.82 Å². The zero-order chi connectivity index (χ0) is 14.3. The van der Waals surface area contributed by atoms with E-state index in [9.17, 15) is 9.18 Å². The molecular weight excluding hydrogens is 313 g/mol. The quantitative estimate of drug-likeness (QED) is 0.807. The zero-order valence-electron chi connectivity index (χ0n) is 11.0. The van der Waals surface area contributed by atoms with Crippen molar-refractivity contribution >= 4 is 21.8 Å². The highest BCUT2D eigenvalue weighted by atomic mass is 79.9. The summed E-state index contributed by atoms with van der Waals surface area (Å²) in [6, 6.07) is 4.88. The van der Waals surface area contributed by atoms with Crippen LogP contribution in [0.15, 0.2) is 22.7 Å². The van der Waals surface area contributed by atoms with Gasteiger partial charge in [-0.1, -0.05) is 22.0 Å². The predicted octanol–water partition coefficient (Wildman–Crippen LogP) is 2.80. The Labute approximate surface area is 121 Å². The van der Waals surface area contributed by atoms with Gasteiger partial charge < -0.3 is 10.4 Å². The second-order valence-corrected chi connectivity index (χ2v) is 5.49. The highest BCUT2D eigenvalue weighted by Crippen LogP contribution is 2.16. The summed E-state index contributed by atoms with van der Waals surface area (Å²) in [5, 5.41) is 11.5. The lowest BCUT2D eigenvalue weighted by atomic mass is 10.1. The van der Waals surface area contributed by atoms with Crippen molar-refractivity contribution in [3.8, 4) is 0 Å². The van der Waals surface area contributed by atoms with Crippen LogP contribution in [0.3, 0.4) is 0 Å². The molecule has 3 nitrogen and oxygen atoms in total. The number of hydrogen-bond acceptors (Lipinski definition) is 2. The molecule has 0 radical (unpaired) electrons. The van der Waals surface area contributed by atoms with Crippen molar-refractivity contribution in [1.82, 2.24) is 5.32 Å². The van der Waals surface area contributed by atoms with Gasteiger partial charge in [-0.3, -0.25) is 4.79 Å². The monoisotopic (exact) mass is 331 g/mol. The lowest BCUT2D eigenvalue weighted by Gasteiger charge is -2.13. The lowest BCUT2D eigenvalue weighted by molar-refractivity contribution is -0.121. The molecule has 19 heavy (non-hydrogen) atoms. The van der Waals surface area contributed by atoms with Gasteiger partial charge in [0.25, 0.3) is 0 Å². The standard InChI is InChI=1S/C14H19BrFNO2/c1-10(3-2-8-18)17-14(19)7-5-11-4-6-12(15)9-13(11)16/h4,6,9-10,18H,2-3,5,7-8H2,1H3,(H,17,19).